The lowest BCUT2D eigenvalue weighted by Gasteiger charge is -2.30. The lowest BCUT2D eigenvalue weighted by atomic mass is 10.1. The van der Waals surface area contributed by atoms with Gasteiger partial charge < -0.3 is 9.31 Å². The molecule has 78 heavy (non-hydrogen) atoms. The maximum absolute atomic E-state index is 4.22. The van der Waals surface area contributed by atoms with Gasteiger partial charge in [0.1, 0.15) is 31.7 Å². The van der Waals surface area contributed by atoms with Crippen LogP contribution in [0.4, 0.5) is 0 Å². The first kappa shape index (κ1) is 73.2. The summed E-state index contributed by atoms with van der Waals surface area (Å²) in [5, 5.41) is 20.7. The van der Waals surface area contributed by atoms with E-state index in [9.17, 15) is 0 Å². The summed E-state index contributed by atoms with van der Waals surface area (Å²) in [6, 6.07) is 1.71. The minimum absolute atomic E-state index is 0.468. The summed E-state index contributed by atoms with van der Waals surface area (Å²) in [5.41, 5.74) is 8.79. The number of nitrogens with zero attached hydrogens (tertiary/aromatic N) is 16. The van der Waals surface area contributed by atoms with E-state index in [1.807, 2.05) is 46.6 Å². The van der Waals surface area contributed by atoms with Crippen LogP contribution in [0, 0.1) is 34.6 Å². The molecule has 16 nitrogen and oxygen atoms in total. The van der Waals surface area contributed by atoms with Crippen molar-refractivity contribution in [2.45, 2.75) is 235 Å². The van der Waals surface area contributed by atoms with Gasteiger partial charge >= 0.3 is 0 Å². The topological polar surface area (TPSA) is 148 Å². The van der Waals surface area contributed by atoms with Gasteiger partial charge in [-0.3, -0.25) is 9.31 Å². The van der Waals surface area contributed by atoms with Gasteiger partial charge in [-0.1, -0.05) is 73.7 Å². The van der Waals surface area contributed by atoms with Gasteiger partial charge in [0.25, 0.3) is 0 Å². The Morgan fingerprint density at radius 2 is 1.04 bits per heavy atom. The fourth-order valence-electron chi connectivity index (χ4n) is 6.78. The Hall–Kier alpha value is -2.81. The smallest absolute Gasteiger partial charge is 0.145 e. The third-order valence-corrected chi connectivity index (χ3v) is 19.9. The van der Waals surface area contributed by atoms with E-state index in [1.54, 1.807) is 35.4 Å². The van der Waals surface area contributed by atoms with Crippen LogP contribution in [0.25, 0.3) is 0 Å². The molecule has 0 bridgehead atoms. The minimum Gasteiger partial charge on any atom is -0.304 e. The summed E-state index contributed by atoms with van der Waals surface area (Å²) in [6.45, 7) is 57.4. The van der Waals surface area contributed by atoms with Crippen LogP contribution >= 0.6 is 93.7 Å². The van der Waals surface area contributed by atoms with Gasteiger partial charge in [0.15, 0.2) is 0 Å². The number of hydrogen-bond acceptors (Lipinski definition) is 24. The standard InChI is InChI=1S/3C8H16N2S.5C6H10N2S/c1-6(2)10-7(3)8(4)11-9(10)5;1-6(2)10-9(5)7(3)8(4)11-10;1-6(2)10-8(4)7(3)9(5)11-10;1-4(2)6-8-7-5(3)9-6;1-4(2)6-7-5(3)9-8-6;1-4(2)6-7-5(3)8-9-6;1-4(2)6-5(3)7-8-9-6;1-4(2)6-5(3)7-9-8-6/h3*6H,1-5H3;5*4H,1-3H3. The summed E-state index contributed by atoms with van der Waals surface area (Å²) in [5.74, 6) is 4.47. The van der Waals surface area contributed by atoms with Gasteiger partial charge in [-0.2, -0.15) is 26.3 Å². The van der Waals surface area contributed by atoms with Gasteiger partial charge in [-0.25, -0.2) is 9.97 Å². The van der Waals surface area contributed by atoms with E-state index in [0.29, 0.717) is 47.7 Å². The molecule has 3 aliphatic rings. The van der Waals surface area contributed by atoms with E-state index in [4.69, 9.17) is 0 Å². The van der Waals surface area contributed by atoms with Gasteiger partial charge in [0.2, 0.25) is 0 Å². The molecule has 3 aliphatic heterocycles. The molecule has 0 aromatic carbocycles. The zero-order valence-electron chi connectivity index (χ0n) is 53.0. The molecule has 24 heteroatoms. The molecule has 0 radical (unpaired) electrons. The lowest BCUT2D eigenvalue weighted by molar-refractivity contribution is 0.114. The number of hydrazine groups is 2. The van der Waals surface area contributed by atoms with E-state index in [-0.39, 0.29) is 0 Å². The van der Waals surface area contributed by atoms with Gasteiger partial charge in [-0.15, -0.1) is 26.6 Å². The van der Waals surface area contributed by atoms with Crippen molar-refractivity contribution >= 4 is 93.7 Å². The molecule has 0 atom stereocenters. The Balaban J connectivity index is 0.000000446. The molecule has 0 spiro atoms. The van der Waals surface area contributed by atoms with Crippen LogP contribution in [0.2, 0.25) is 0 Å². The predicted molar refractivity (Wildman–Crippen MR) is 346 cm³/mol. The highest BCUT2D eigenvalue weighted by molar-refractivity contribution is 8.01. The fraction of sp³-hybridized carbons (Fsp3) is 0.704. The van der Waals surface area contributed by atoms with Crippen molar-refractivity contribution in [3.63, 3.8) is 0 Å². The van der Waals surface area contributed by atoms with E-state index in [1.165, 1.54) is 83.8 Å². The second-order valence-electron chi connectivity index (χ2n) is 21.2. The molecule has 442 valence electrons. The van der Waals surface area contributed by atoms with Crippen LogP contribution in [0.5, 0.6) is 0 Å². The summed E-state index contributed by atoms with van der Waals surface area (Å²) in [4.78, 5) is 12.5. The third kappa shape index (κ3) is 24.7. The van der Waals surface area contributed by atoms with Crippen LogP contribution in [-0.2, 0) is 0 Å². The van der Waals surface area contributed by atoms with Gasteiger partial charge in [-0.05, 0) is 188 Å². The number of rotatable bonds is 8. The first-order valence-electron chi connectivity index (χ1n) is 26.8. The largest absolute Gasteiger partial charge is 0.304 e. The van der Waals surface area contributed by atoms with E-state index < -0.39 is 0 Å². The quantitative estimate of drug-likeness (QED) is 0.136. The average Bonchev–Trinajstić information content (AvgIpc) is 4.24. The number of aryl methyl sites for hydroxylation is 5. The van der Waals surface area contributed by atoms with Crippen molar-refractivity contribution in [1.29, 1.82) is 0 Å². The molecule has 8 heterocycles. The minimum atomic E-state index is 0.468. The van der Waals surface area contributed by atoms with Gasteiger partial charge in [0, 0.05) is 89.6 Å². The predicted octanol–water partition coefficient (Wildman–Crippen LogP) is 17.2. The zero-order valence-corrected chi connectivity index (χ0v) is 59.6. The molecule has 0 saturated carbocycles. The van der Waals surface area contributed by atoms with Crippen molar-refractivity contribution < 1.29 is 0 Å². The second kappa shape index (κ2) is 35.9. The molecule has 0 aliphatic carbocycles. The SMILES string of the molecule is CC1=C(C)N(C(C)C)N(C)S1.CC1=C(C)N(C(C)C)SN1C.CC1=C(C)N(C)N(C(C)C)S1.Cc1nc(C(C)C)ns1.Cc1nnc(C(C)C)s1.Cc1nnsc1C(C)C.Cc1nsc(C(C)C)n1.Cc1nsnc1C(C)C. The third-order valence-electron chi connectivity index (χ3n) is 11.5. The first-order chi connectivity index (χ1) is 36.1. The number of hydrogen-bond donors (Lipinski definition) is 0. The summed E-state index contributed by atoms with van der Waals surface area (Å²) >= 11 is 12.8. The first-order valence-corrected chi connectivity index (χ1v) is 32.9. The number of allylic oxidation sites excluding steroid dienone is 6. The van der Waals surface area contributed by atoms with Crippen molar-refractivity contribution in [2.24, 2.45) is 0 Å². The molecule has 5 aromatic rings. The maximum Gasteiger partial charge on any atom is 0.145 e. The summed E-state index contributed by atoms with van der Waals surface area (Å²) in [7, 11) is 6.31. The van der Waals surface area contributed by atoms with Crippen LogP contribution in [0.1, 0.15) is 236 Å². The Bertz CT molecular complexity index is 2420. The molecule has 0 amide bonds. The van der Waals surface area contributed by atoms with Crippen molar-refractivity contribution in [2.75, 3.05) is 21.1 Å². The zero-order chi connectivity index (χ0) is 60.0. The molecular formula is C54H98N16S8. The van der Waals surface area contributed by atoms with E-state index in [0.717, 1.165) is 48.8 Å². The average molecular weight is 1230 g/mol. The number of aromatic nitrogens is 10. The van der Waals surface area contributed by atoms with Crippen molar-refractivity contribution in [3.8, 4) is 0 Å². The molecule has 8 rings (SSSR count). The maximum atomic E-state index is 4.22. The molecule has 5 aromatic heterocycles. The Kier molecular flexibility index (Phi) is 33.7. The lowest BCUT2D eigenvalue weighted by Crippen LogP contribution is -2.35. The van der Waals surface area contributed by atoms with Crippen molar-refractivity contribution in [3.05, 3.63) is 86.2 Å². The molecular weight excluding hydrogens is 1130 g/mol. The highest BCUT2D eigenvalue weighted by Gasteiger charge is 2.26. The van der Waals surface area contributed by atoms with Crippen LogP contribution in [0.3, 0.4) is 0 Å². The Morgan fingerprint density at radius 3 is 1.24 bits per heavy atom. The Labute approximate surface area is 506 Å². The normalized spacial score (nSPS) is 14.7. The van der Waals surface area contributed by atoms with Gasteiger partial charge in [0.05, 0.1) is 45.8 Å². The summed E-state index contributed by atoms with van der Waals surface area (Å²) in [6.07, 6.45) is 0. The van der Waals surface area contributed by atoms with E-state index >= 15 is 0 Å². The van der Waals surface area contributed by atoms with Crippen LogP contribution in [0.15, 0.2) is 32.6 Å². The molecule has 0 saturated heterocycles. The van der Waals surface area contributed by atoms with E-state index in [2.05, 4.69) is 248 Å². The Morgan fingerprint density at radius 1 is 0.449 bits per heavy atom. The second-order valence-corrected chi connectivity index (χ2v) is 29.1. The highest BCUT2D eigenvalue weighted by atomic mass is 32.2. The van der Waals surface area contributed by atoms with Crippen molar-refractivity contribution in [1.82, 2.24) is 74.7 Å². The highest BCUT2D eigenvalue weighted by Crippen LogP contribution is 2.38. The molecule has 0 unspecified atom stereocenters. The monoisotopic (exact) mass is 1230 g/mol. The molecule has 0 fully saturated rings. The summed E-state index contributed by atoms with van der Waals surface area (Å²) < 4.78 is 29.3. The molecule has 0 N–H and O–H groups in total. The fourth-order valence-corrected chi connectivity index (χ4v) is 13.0. The van der Waals surface area contributed by atoms with Crippen LogP contribution in [-0.4, -0.2) is 114 Å². The van der Waals surface area contributed by atoms with Crippen LogP contribution < -0.4 is 0 Å².